The van der Waals surface area contributed by atoms with Crippen LogP contribution < -0.4 is 21.3 Å². The van der Waals surface area contributed by atoms with E-state index in [9.17, 15) is 4.79 Å². The molecule has 2 heterocycles. The van der Waals surface area contributed by atoms with Gasteiger partial charge >= 0.3 is 0 Å². The molecule has 4 N–H and O–H groups in total. The lowest BCUT2D eigenvalue weighted by molar-refractivity contribution is -0.121. The summed E-state index contributed by atoms with van der Waals surface area (Å²) in [5.74, 6) is 0.759. The first kappa shape index (κ1) is 21.7. The van der Waals surface area contributed by atoms with Gasteiger partial charge < -0.3 is 26.2 Å². The molecule has 3 rings (SSSR count). The molecule has 1 aromatic carbocycles. The lowest BCUT2D eigenvalue weighted by atomic mass is 9.97. The highest BCUT2D eigenvalue weighted by atomic mass is 16.1. The van der Waals surface area contributed by atoms with Crippen molar-refractivity contribution in [3.05, 3.63) is 67.0 Å². The highest BCUT2D eigenvalue weighted by molar-refractivity contribution is 5.82. The molecule has 1 unspecified atom stereocenters. The Bertz CT molecular complexity index is 840. The molecule has 1 amide bonds. The zero-order valence-corrected chi connectivity index (χ0v) is 17.8. The van der Waals surface area contributed by atoms with Crippen LogP contribution in [0.15, 0.2) is 55.9 Å². The number of piperidine rings is 1. The van der Waals surface area contributed by atoms with Gasteiger partial charge in [0.05, 0.1) is 6.04 Å². The van der Waals surface area contributed by atoms with Crippen LogP contribution in [0.3, 0.4) is 0 Å². The minimum Gasteiger partial charge on any atom is -0.391 e. The first-order chi connectivity index (χ1) is 14.5. The molecule has 6 heteroatoms. The Morgan fingerprint density at radius 1 is 1.37 bits per heavy atom. The molecule has 0 saturated carbocycles. The number of carbonyl (C=O) groups excluding carboxylic acids is 1. The van der Waals surface area contributed by atoms with E-state index in [1.165, 1.54) is 0 Å². The average molecular weight is 408 g/mol. The van der Waals surface area contributed by atoms with Crippen molar-refractivity contribution >= 4 is 23.4 Å². The van der Waals surface area contributed by atoms with Gasteiger partial charge in [0.2, 0.25) is 5.91 Å². The smallest absolute Gasteiger partial charge is 0.224 e. The molecule has 6 nitrogen and oxygen atoms in total. The van der Waals surface area contributed by atoms with Crippen LogP contribution in [0.5, 0.6) is 0 Å². The third-order valence-corrected chi connectivity index (χ3v) is 5.76. The molecule has 0 spiro atoms. The van der Waals surface area contributed by atoms with Crippen LogP contribution in [0, 0.1) is 5.92 Å². The number of amides is 1. The van der Waals surface area contributed by atoms with Gasteiger partial charge in [-0.3, -0.25) is 4.79 Å². The Morgan fingerprint density at radius 3 is 2.83 bits per heavy atom. The number of benzene rings is 1. The fourth-order valence-corrected chi connectivity index (χ4v) is 3.81. The van der Waals surface area contributed by atoms with Crippen LogP contribution in [0.4, 0.5) is 5.69 Å². The Hall–Kier alpha value is -2.99. The van der Waals surface area contributed by atoms with Crippen LogP contribution in [-0.4, -0.2) is 50.1 Å². The van der Waals surface area contributed by atoms with E-state index in [2.05, 4.69) is 58.0 Å². The summed E-state index contributed by atoms with van der Waals surface area (Å²) in [5, 5.41) is 13.0. The van der Waals surface area contributed by atoms with Gasteiger partial charge in [0.25, 0.3) is 0 Å². The molecule has 1 aromatic rings. The van der Waals surface area contributed by atoms with Crippen molar-refractivity contribution in [3.8, 4) is 0 Å². The quantitative estimate of drug-likeness (QED) is 0.480. The summed E-state index contributed by atoms with van der Waals surface area (Å²) in [4.78, 5) is 13.7. The zero-order valence-electron chi connectivity index (χ0n) is 17.8. The fourth-order valence-electron chi connectivity index (χ4n) is 3.81. The number of carbonyl (C=O) groups is 1. The Morgan fingerprint density at radius 2 is 2.17 bits per heavy atom. The summed E-state index contributed by atoms with van der Waals surface area (Å²) in [5.41, 5.74) is 4.62. The second-order valence-electron chi connectivity index (χ2n) is 7.88. The van der Waals surface area contributed by atoms with E-state index in [1.807, 2.05) is 31.5 Å². The van der Waals surface area contributed by atoms with Crippen molar-refractivity contribution in [2.45, 2.75) is 18.9 Å². The van der Waals surface area contributed by atoms with Crippen molar-refractivity contribution in [1.29, 1.82) is 0 Å². The van der Waals surface area contributed by atoms with Gasteiger partial charge in [-0.2, -0.15) is 0 Å². The molecule has 0 radical (unpaired) electrons. The summed E-state index contributed by atoms with van der Waals surface area (Å²) in [6.07, 6.45) is 7.16. The Labute approximate surface area is 179 Å². The highest BCUT2D eigenvalue weighted by Gasteiger charge is 2.27. The van der Waals surface area contributed by atoms with Crippen molar-refractivity contribution in [2.24, 2.45) is 5.92 Å². The Kier molecular flexibility index (Phi) is 7.36. The van der Waals surface area contributed by atoms with Crippen molar-refractivity contribution in [3.63, 3.8) is 0 Å². The molecule has 2 aliphatic heterocycles. The number of rotatable bonds is 10. The van der Waals surface area contributed by atoms with Gasteiger partial charge in [-0.05, 0) is 30.3 Å². The molecule has 0 aliphatic carbocycles. The number of likely N-dealkylation sites (N-methyl/N-ethyl adjacent to an activating group) is 1. The summed E-state index contributed by atoms with van der Waals surface area (Å²) >= 11 is 0. The van der Waals surface area contributed by atoms with Gasteiger partial charge in [0.1, 0.15) is 0 Å². The van der Waals surface area contributed by atoms with E-state index >= 15 is 0 Å². The third kappa shape index (κ3) is 5.13. The van der Waals surface area contributed by atoms with E-state index < -0.39 is 0 Å². The fraction of sp³-hybridized carbons (Fsp3) is 0.375. The van der Waals surface area contributed by atoms with Crippen LogP contribution in [-0.2, 0) is 4.79 Å². The van der Waals surface area contributed by atoms with E-state index in [4.69, 9.17) is 0 Å². The van der Waals surface area contributed by atoms with E-state index in [0.29, 0.717) is 13.0 Å². The minimum absolute atomic E-state index is 0.0195. The van der Waals surface area contributed by atoms with Gasteiger partial charge in [0, 0.05) is 68.2 Å². The normalized spacial score (nSPS) is 19.2. The van der Waals surface area contributed by atoms with Crippen molar-refractivity contribution < 1.29 is 4.79 Å². The number of hydrogen-bond acceptors (Lipinski definition) is 5. The third-order valence-electron chi connectivity index (χ3n) is 5.76. The lowest BCUT2D eigenvalue weighted by Crippen LogP contribution is -2.46. The highest BCUT2D eigenvalue weighted by Crippen LogP contribution is 2.32. The van der Waals surface area contributed by atoms with Gasteiger partial charge in [-0.15, -0.1) is 0 Å². The predicted octanol–water partition coefficient (Wildman–Crippen LogP) is 2.76. The van der Waals surface area contributed by atoms with Crippen LogP contribution >= 0.6 is 0 Å². The largest absolute Gasteiger partial charge is 0.391 e. The molecule has 2 fully saturated rings. The van der Waals surface area contributed by atoms with Gasteiger partial charge in [0.15, 0.2) is 0 Å². The SMILES string of the molecule is C=Cc1cccc(NC/C=C/NCC2CNC2)c1C(=C)N(C)C1CCC(=O)NC1=C. The van der Waals surface area contributed by atoms with E-state index in [-0.39, 0.29) is 11.9 Å². The average Bonchev–Trinajstić information content (AvgIpc) is 2.70. The maximum atomic E-state index is 11.6. The maximum Gasteiger partial charge on any atom is 0.224 e. The lowest BCUT2D eigenvalue weighted by Gasteiger charge is -2.36. The van der Waals surface area contributed by atoms with Crippen LogP contribution in [0.1, 0.15) is 24.0 Å². The Balaban J connectivity index is 1.67. The molecule has 30 heavy (non-hydrogen) atoms. The topological polar surface area (TPSA) is 68.4 Å². The second kappa shape index (κ2) is 10.2. The monoisotopic (exact) mass is 407 g/mol. The van der Waals surface area contributed by atoms with Crippen LogP contribution in [0.2, 0.25) is 0 Å². The molecule has 1 atom stereocenters. The van der Waals surface area contributed by atoms with Gasteiger partial charge in [-0.1, -0.05) is 37.9 Å². The molecule has 0 aromatic heterocycles. The zero-order chi connectivity index (χ0) is 21.5. The number of nitrogens with zero attached hydrogens (tertiary/aromatic N) is 1. The number of nitrogens with one attached hydrogen (secondary N) is 4. The maximum absolute atomic E-state index is 11.6. The summed E-state index contributed by atoms with van der Waals surface area (Å²) in [6.45, 7) is 16.3. The molecule has 0 bridgehead atoms. The van der Waals surface area contributed by atoms with Crippen molar-refractivity contribution in [2.75, 3.05) is 38.5 Å². The van der Waals surface area contributed by atoms with E-state index in [0.717, 1.165) is 60.2 Å². The number of hydrogen-bond donors (Lipinski definition) is 4. The summed E-state index contributed by atoms with van der Waals surface area (Å²) in [7, 11) is 2.00. The predicted molar refractivity (Wildman–Crippen MR) is 126 cm³/mol. The second-order valence-corrected chi connectivity index (χ2v) is 7.88. The van der Waals surface area contributed by atoms with E-state index in [1.54, 1.807) is 0 Å². The van der Waals surface area contributed by atoms with Crippen molar-refractivity contribution in [1.82, 2.24) is 20.9 Å². The first-order valence-electron chi connectivity index (χ1n) is 10.5. The molecular weight excluding hydrogens is 374 g/mol. The molecule has 2 aliphatic rings. The minimum atomic E-state index is 0.0195. The number of anilines is 1. The molecule has 160 valence electrons. The first-order valence-corrected chi connectivity index (χ1v) is 10.5. The summed E-state index contributed by atoms with van der Waals surface area (Å²) in [6, 6.07) is 6.13. The molecule has 2 saturated heterocycles. The summed E-state index contributed by atoms with van der Waals surface area (Å²) < 4.78 is 0. The standard InChI is InChI=1S/C24H33N5O/c1-5-20-8-6-9-21(27-13-7-12-25-14-19-15-26-16-19)24(20)18(3)29(4)22-10-11-23(30)28-17(22)2/h5-9,12,19,22,25-27H,1-3,10-11,13-16H2,4H3,(H,28,30)/b12-7+. The van der Waals surface area contributed by atoms with Crippen LogP contribution in [0.25, 0.3) is 11.8 Å². The van der Waals surface area contributed by atoms with Gasteiger partial charge in [-0.25, -0.2) is 0 Å². The molecular formula is C24H33N5O.